The highest BCUT2D eigenvalue weighted by atomic mass is 32.2. The first kappa shape index (κ1) is 66.6. The molecule has 3 rings (SSSR count). The normalized spacial score (nSPS) is 19.3. The van der Waals surface area contributed by atoms with Crippen LogP contribution < -0.4 is 35.9 Å². The highest BCUT2D eigenvalue weighted by molar-refractivity contribution is 8.14. The van der Waals surface area contributed by atoms with Crippen molar-refractivity contribution in [3.63, 3.8) is 0 Å². The van der Waals surface area contributed by atoms with Crippen molar-refractivity contribution in [2.45, 2.75) is 199 Å². The molecule has 1 aliphatic heterocycles. The smallest absolute Gasteiger partial charge is 0.274 e. The standard InChI is InChI=1S/C47H84N7O17P3S/c1-4-5-6-7-8-9-10-11-12-13-14-15-16-17-18-19-20-21-22-23-24-25-26-27-38(56)75-31-30-49-37(55)28-29-50-45(59)42(58)47(2,3)33-68-74(65,66)71-73(63,64)67-32-36-41(70-72(60,61)62)40(57)46(69-36)54-35-53-39-43(48)51-34-52-44(39)54/h26-27,34-36,40-42,46,57-58H,4-25,28-33H2,1-3H3,(H,49,55)(H,50,59)(H,63,64)(H,65,66)(H2,48,51,52)(H2,60,61,62)/p-4/b27-26+/t36-,40-,41-,42+,46-/m1/s1. The number of anilines is 1. The van der Waals surface area contributed by atoms with Gasteiger partial charge in [-0.2, -0.15) is 0 Å². The number of allylic oxidation sites excluding steroid dienone is 1. The Kier molecular flexibility index (Phi) is 31.1. The molecule has 1 fully saturated rings. The minimum absolute atomic E-state index is 0.0187. The van der Waals surface area contributed by atoms with Gasteiger partial charge in [0.1, 0.15) is 36.3 Å². The Hall–Kier alpha value is -2.70. The number of carbonyl (C=O) groups excluding carboxylic acids is 3. The van der Waals surface area contributed by atoms with E-state index in [4.69, 9.17) is 10.5 Å². The Bertz CT molecular complexity index is 2190. The van der Waals surface area contributed by atoms with E-state index >= 15 is 0 Å². The number of hydrogen-bond acceptors (Lipinski definition) is 22. The van der Waals surface area contributed by atoms with Crippen LogP contribution in [-0.2, 0) is 50.7 Å². The number of hydrogen-bond donors (Lipinski definition) is 5. The largest absolute Gasteiger partial charge is 0.790 e. The summed E-state index contributed by atoms with van der Waals surface area (Å²) in [5, 5.41) is 26.3. The number of unbranched alkanes of at least 4 members (excludes halogenated alkanes) is 21. The zero-order chi connectivity index (χ0) is 55.3. The van der Waals surface area contributed by atoms with Gasteiger partial charge >= 0.3 is 0 Å². The minimum atomic E-state index is -5.92. The number of carbonyl (C=O) groups is 3. The molecule has 75 heavy (non-hydrogen) atoms. The lowest BCUT2D eigenvalue weighted by Crippen LogP contribution is -2.46. The van der Waals surface area contributed by atoms with E-state index in [0.717, 1.165) is 48.2 Å². The van der Waals surface area contributed by atoms with Crippen molar-refractivity contribution in [3.05, 3.63) is 24.8 Å². The second-order valence-corrected chi connectivity index (χ2v) is 24.6. The van der Waals surface area contributed by atoms with E-state index in [9.17, 15) is 57.9 Å². The van der Waals surface area contributed by atoms with Crippen LogP contribution in [0, 0.1) is 5.41 Å². The van der Waals surface area contributed by atoms with Crippen LogP contribution >= 0.6 is 35.2 Å². The summed E-state index contributed by atoms with van der Waals surface area (Å²) in [4.78, 5) is 97.0. The van der Waals surface area contributed by atoms with Gasteiger partial charge in [0.25, 0.3) is 15.6 Å². The number of thioether (sulfide) groups is 1. The molecule has 1 saturated heterocycles. The molecular weight excluding hydrogens is 1060 g/mol. The maximum atomic E-state index is 12.7. The second kappa shape index (κ2) is 35.0. The number of aromatic nitrogens is 4. The molecular formula is C47H80N7O17P3S-4. The number of nitrogens with one attached hydrogen (secondary N) is 2. The van der Waals surface area contributed by atoms with Crippen molar-refractivity contribution in [3.8, 4) is 0 Å². The summed E-state index contributed by atoms with van der Waals surface area (Å²) in [5.74, 6) is -1.20. The topological polar surface area (TPSA) is 375 Å². The number of nitrogens with two attached hydrogens (primary N) is 1. The molecule has 0 bridgehead atoms. The Morgan fingerprint density at radius 2 is 1.37 bits per heavy atom. The van der Waals surface area contributed by atoms with E-state index in [-0.39, 0.29) is 41.6 Å². The monoisotopic (exact) mass is 1140 g/mol. The molecule has 2 aromatic heterocycles. The lowest BCUT2D eigenvalue weighted by Gasteiger charge is -2.36. The number of rotatable bonds is 42. The molecule has 0 saturated carbocycles. The van der Waals surface area contributed by atoms with E-state index in [1.807, 2.05) is 6.08 Å². The Morgan fingerprint density at radius 1 is 0.827 bits per heavy atom. The van der Waals surface area contributed by atoms with Crippen LogP contribution in [0.5, 0.6) is 0 Å². The quantitative estimate of drug-likeness (QED) is 0.0320. The number of nitrogen functional groups attached to an aromatic ring is 1. The first-order valence-corrected chi connectivity index (χ1v) is 31.6. The number of amides is 2. The summed E-state index contributed by atoms with van der Waals surface area (Å²) in [5.41, 5.74) is 4.09. The van der Waals surface area contributed by atoms with Crippen LogP contribution in [0.15, 0.2) is 24.8 Å². The zero-order valence-corrected chi connectivity index (χ0v) is 47.1. The predicted octanol–water partition coefficient (Wildman–Crippen LogP) is 5.30. The summed E-state index contributed by atoms with van der Waals surface area (Å²) in [6.45, 7) is 2.40. The molecule has 2 amide bonds. The fraction of sp³-hybridized carbons (Fsp3) is 0.787. The predicted molar refractivity (Wildman–Crippen MR) is 275 cm³/mol. The van der Waals surface area contributed by atoms with E-state index in [0.29, 0.717) is 5.75 Å². The van der Waals surface area contributed by atoms with Gasteiger partial charge in [0.2, 0.25) is 16.9 Å². The van der Waals surface area contributed by atoms with Gasteiger partial charge in [0, 0.05) is 30.7 Å². The maximum absolute atomic E-state index is 12.7. The number of aliphatic hydroxyl groups excluding tert-OH is 2. The third kappa shape index (κ3) is 27.2. The van der Waals surface area contributed by atoms with Gasteiger partial charge < -0.3 is 69.0 Å². The summed E-state index contributed by atoms with van der Waals surface area (Å²) in [6, 6.07) is 0. The number of phosphoric ester groups is 3. The van der Waals surface area contributed by atoms with E-state index in [1.165, 1.54) is 136 Å². The molecule has 0 aromatic carbocycles. The number of aliphatic hydroxyl groups is 2. The lowest BCUT2D eigenvalue weighted by molar-refractivity contribution is -0.347. The summed E-state index contributed by atoms with van der Waals surface area (Å²) in [6.07, 6.45) is 24.6. The fourth-order valence-electron chi connectivity index (χ4n) is 8.18. The van der Waals surface area contributed by atoms with Gasteiger partial charge in [-0.15, -0.1) is 0 Å². The van der Waals surface area contributed by atoms with Gasteiger partial charge in [-0.1, -0.05) is 167 Å². The Balaban J connectivity index is 1.21. The average molecular weight is 1140 g/mol. The van der Waals surface area contributed by atoms with Crippen molar-refractivity contribution in [1.82, 2.24) is 30.2 Å². The maximum Gasteiger partial charge on any atom is 0.274 e. The van der Waals surface area contributed by atoms with Gasteiger partial charge in [-0.25, -0.2) is 19.3 Å². The molecule has 430 valence electrons. The number of fused-ring (bicyclic) bond motifs is 1. The van der Waals surface area contributed by atoms with Crippen molar-refractivity contribution in [1.29, 1.82) is 0 Å². The number of phosphoric acid groups is 3. The Morgan fingerprint density at radius 3 is 1.93 bits per heavy atom. The molecule has 24 nitrogen and oxygen atoms in total. The van der Waals surface area contributed by atoms with Crippen LogP contribution in [0.4, 0.5) is 5.82 Å². The zero-order valence-electron chi connectivity index (χ0n) is 43.6. The average Bonchev–Trinajstić information content (AvgIpc) is 3.91. The minimum Gasteiger partial charge on any atom is -0.790 e. The van der Waals surface area contributed by atoms with Crippen LogP contribution in [0.3, 0.4) is 0 Å². The molecule has 0 spiro atoms. The van der Waals surface area contributed by atoms with E-state index in [1.54, 1.807) is 6.08 Å². The van der Waals surface area contributed by atoms with Gasteiger partial charge in [0.15, 0.2) is 17.7 Å². The molecule has 3 heterocycles. The van der Waals surface area contributed by atoms with Gasteiger partial charge in [0.05, 0.1) is 27.4 Å². The highest BCUT2D eigenvalue weighted by Crippen LogP contribution is 2.56. The van der Waals surface area contributed by atoms with E-state index < -0.39 is 84.6 Å². The first-order chi connectivity index (χ1) is 35.6. The molecule has 2 aromatic rings. The molecule has 0 aliphatic carbocycles. The highest BCUT2D eigenvalue weighted by Gasteiger charge is 2.47. The molecule has 2 unspecified atom stereocenters. The van der Waals surface area contributed by atoms with Gasteiger partial charge in [-0.3, -0.25) is 28.1 Å². The Labute approximate surface area is 445 Å². The molecule has 7 atom stereocenters. The molecule has 6 N–H and O–H groups in total. The van der Waals surface area contributed by atoms with Crippen LogP contribution in [-0.4, -0.2) is 103 Å². The van der Waals surface area contributed by atoms with Crippen molar-refractivity contribution < 1.29 is 80.5 Å². The number of imidazole rings is 1. The number of nitrogens with zero attached hydrogens (tertiary/aromatic N) is 4. The SMILES string of the molecule is CCCCCCCCCCCCCCCCCCCCCCC/C=C/C(=O)SCCNC(=O)CCNC(=O)[C@H](O)C(C)(C)COP(=O)([O-])OP(=O)([O-])OC[C@H]1O[C@@H](n2cnc3c(N)ncnc32)[C@H](O)[C@@H]1OP(=O)([O-])[O-]. The first-order valence-electron chi connectivity index (χ1n) is 26.2. The second-order valence-electron chi connectivity index (χ2n) is 19.4. The van der Waals surface area contributed by atoms with Crippen molar-refractivity contribution >= 4 is 69.1 Å². The summed E-state index contributed by atoms with van der Waals surface area (Å²) in [7, 11) is -17.6. The van der Waals surface area contributed by atoms with Crippen molar-refractivity contribution in [2.75, 3.05) is 37.8 Å². The number of ether oxygens (including phenoxy) is 1. The third-order valence-electron chi connectivity index (χ3n) is 12.4. The molecule has 1 aliphatic rings. The van der Waals surface area contributed by atoms with Crippen LogP contribution in [0.1, 0.15) is 175 Å². The van der Waals surface area contributed by atoms with Gasteiger partial charge in [-0.05, 0) is 18.9 Å². The molecule has 0 radical (unpaired) electrons. The molecule has 28 heteroatoms. The fourth-order valence-corrected chi connectivity index (χ4v) is 11.5. The lowest BCUT2D eigenvalue weighted by atomic mass is 9.87. The van der Waals surface area contributed by atoms with Crippen LogP contribution in [0.2, 0.25) is 0 Å². The van der Waals surface area contributed by atoms with E-state index in [2.05, 4.69) is 50.4 Å². The summed E-state index contributed by atoms with van der Waals surface area (Å²) >= 11 is 1.06. The van der Waals surface area contributed by atoms with Crippen LogP contribution in [0.25, 0.3) is 11.2 Å². The van der Waals surface area contributed by atoms with Crippen molar-refractivity contribution in [2.24, 2.45) is 5.41 Å². The summed E-state index contributed by atoms with van der Waals surface area (Å²) < 4.78 is 60.9. The third-order valence-corrected chi connectivity index (χ3v) is 16.3.